The van der Waals surface area contributed by atoms with Crippen LogP contribution in [-0.4, -0.2) is 42.3 Å². The number of benzene rings is 1. The average Bonchev–Trinajstić information content (AvgIpc) is 2.81. The molecule has 1 aromatic heterocycles. The molecular formula is C22H26BrF2N5O. The summed E-state index contributed by atoms with van der Waals surface area (Å²) in [4.78, 5) is 18.8. The third-order valence-electron chi connectivity index (χ3n) is 5.72. The maximum absolute atomic E-state index is 14.2. The predicted octanol–water partition coefficient (Wildman–Crippen LogP) is 4.36. The number of hydrogen-bond acceptors (Lipinski definition) is 6. The van der Waals surface area contributed by atoms with Crippen molar-refractivity contribution in [1.29, 1.82) is 0 Å². The molecule has 3 heterocycles. The maximum Gasteiger partial charge on any atom is 0.225 e. The lowest BCUT2D eigenvalue weighted by atomic mass is 10.1. The first-order valence-electron chi connectivity index (χ1n) is 10.6. The van der Waals surface area contributed by atoms with E-state index in [4.69, 9.17) is 4.84 Å². The second-order valence-corrected chi connectivity index (χ2v) is 8.65. The van der Waals surface area contributed by atoms with Gasteiger partial charge in [-0.2, -0.15) is 0 Å². The van der Waals surface area contributed by atoms with Gasteiger partial charge >= 0.3 is 0 Å². The number of nitrogens with zero attached hydrogens (tertiary/aromatic N) is 4. The first-order chi connectivity index (χ1) is 15.0. The number of hydroxylamine groups is 1. The Hall–Kier alpha value is -2.26. The van der Waals surface area contributed by atoms with Gasteiger partial charge in [-0.25, -0.2) is 18.7 Å². The van der Waals surface area contributed by atoms with Crippen molar-refractivity contribution in [1.82, 2.24) is 15.4 Å². The summed E-state index contributed by atoms with van der Waals surface area (Å²) >= 11 is 3.01. The Balaban J connectivity index is 1.24. The van der Waals surface area contributed by atoms with Gasteiger partial charge < -0.3 is 9.80 Å². The van der Waals surface area contributed by atoms with Crippen LogP contribution in [0.2, 0.25) is 0 Å². The van der Waals surface area contributed by atoms with Crippen LogP contribution >= 0.6 is 15.9 Å². The summed E-state index contributed by atoms with van der Waals surface area (Å²) in [6.07, 6.45) is 9.23. The molecule has 0 saturated carbocycles. The van der Waals surface area contributed by atoms with Gasteiger partial charge in [-0.1, -0.05) is 6.92 Å². The van der Waals surface area contributed by atoms with Crippen molar-refractivity contribution >= 4 is 27.6 Å². The summed E-state index contributed by atoms with van der Waals surface area (Å²) in [7, 11) is 0. The van der Waals surface area contributed by atoms with Crippen LogP contribution in [0.15, 0.2) is 40.8 Å². The highest BCUT2D eigenvalue weighted by atomic mass is 79.9. The summed E-state index contributed by atoms with van der Waals surface area (Å²) in [5.41, 5.74) is 5.46. The largest absolute Gasteiger partial charge is 0.365 e. The molecule has 4 rings (SSSR count). The molecule has 2 aromatic rings. The molecule has 31 heavy (non-hydrogen) atoms. The van der Waals surface area contributed by atoms with Crippen LogP contribution in [0.25, 0.3) is 0 Å². The van der Waals surface area contributed by atoms with Gasteiger partial charge in [0.1, 0.15) is 11.6 Å². The molecule has 9 heteroatoms. The molecule has 0 aliphatic carbocycles. The lowest BCUT2D eigenvalue weighted by Crippen LogP contribution is -2.40. The number of rotatable bonds is 6. The fraction of sp³-hybridized carbons (Fsp3) is 0.455. The van der Waals surface area contributed by atoms with E-state index in [1.165, 1.54) is 12.1 Å². The molecule has 2 aliphatic heterocycles. The third kappa shape index (κ3) is 5.33. The Morgan fingerprint density at radius 1 is 1.10 bits per heavy atom. The Morgan fingerprint density at radius 3 is 2.48 bits per heavy atom. The molecule has 6 nitrogen and oxygen atoms in total. The smallest absolute Gasteiger partial charge is 0.225 e. The number of nitrogens with one attached hydrogen (secondary N) is 1. The minimum absolute atomic E-state index is 0.114. The highest BCUT2D eigenvalue weighted by Gasteiger charge is 2.23. The maximum atomic E-state index is 14.2. The third-order valence-corrected chi connectivity index (χ3v) is 6.33. The summed E-state index contributed by atoms with van der Waals surface area (Å²) < 4.78 is 28.1. The molecule has 1 saturated heterocycles. The number of aromatic nitrogens is 2. The van der Waals surface area contributed by atoms with E-state index in [0.717, 1.165) is 49.6 Å². The van der Waals surface area contributed by atoms with Crippen LogP contribution in [-0.2, 0) is 11.3 Å². The van der Waals surface area contributed by atoms with Crippen LogP contribution < -0.4 is 15.3 Å². The molecule has 166 valence electrons. The lowest BCUT2D eigenvalue weighted by Gasteiger charge is -2.33. The van der Waals surface area contributed by atoms with Crippen LogP contribution in [0.5, 0.6) is 0 Å². The molecular weight excluding hydrogens is 468 g/mol. The first kappa shape index (κ1) is 22.0. The number of piperidine rings is 1. The van der Waals surface area contributed by atoms with E-state index < -0.39 is 11.6 Å². The molecule has 2 aliphatic rings. The standard InChI is InChI=1S/C22H26BrF2N5O/c1-2-15-13-26-22(27-14-15)30-9-5-17(6-10-30)31-28-16-3-7-29(8-4-16)21-12-19(24)18(23)11-20(21)25/h3,11-14,17,28H,2,4-10H2,1H3. The Morgan fingerprint density at radius 2 is 1.84 bits per heavy atom. The van der Waals surface area contributed by atoms with Gasteiger partial charge in [0, 0.05) is 56.8 Å². The molecule has 1 N–H and O–H groups in total. The summed E-state index contributed by atoms with van der Waals surface area (Å²) in [6.45, 7) is 4.86. The fourth-order valence-electron chi connectivity index (χ4n) is 3.76. The van der Waals surface area contributed by atoms with E-state index in [0.29, 0.717) is 19.5 Å². The average molecular weight is 494 g/mol. The SMILES string of the molecule is CCc1cnc(N2CCC(ONC3=CCN(c4cc(F)c(Br)cc4F)CC3)CC2)nc1. The zero-order valence-electron chi connectivity index (χ0n) is 17.5. The highest BCUT2D eigenvalue weighted by molar-refractivity contribution is 9.10. The van der Waals surface area contributed by atoms with Crippen molar-refractivity contribution in [3.8, 4) is 0 Å². The van der Waals surface area contributed by atoms with Crippen LogP contribution in [0.4, 0.5) is 20.4 Å². The molecule has 0 spiro atoms. The van der Waals surface area contributed by atoms with E-state index in [1.54, 1.807) is 0 Å². The molecule has 0 bridgehead atoms. The molecule has 0 radical (unpaired) electrons. The number of halogens is 3. The summed E-state index contributed by atoms with van der Waals surface area (Å²) in [6, 6.07) is 2.40. The number of anilines is 2. The van der Waals surface area contributed by atoms with Crippen molar-refractivity contribution in [3.05, 3.63) is 58.0 Å². The zero-order chi connectivity index (χ0) is 21.8. The second-order valence-electron chi connectivity index (χ2n) is 7.79. The predicted molar refractivity (Wildman–Crippen MR) is 120 cm³/mol. The lowest BCUT2D eigenvalue weighted by molar-refractivity contribution is -0.0217. The molecule has 0 atom stereocenters. The van der Waals surface area contributed by atoms with Crippen molar-refractivity contribution in [3.63, 3.8) is 0 Å². The first-order valence-corrected chi connectivity index (χ1v) is 11.4. The van der Waals surface area contributed by atoms with E-state index >= 15 is 0 Å². The summed E-state index contributed by atoms with van der Waals surface area (Å²) in [5.74, 6) is -0.129. The van der Waals surface area contributed by atoms with Gasteiger partial charge in [0.2, 0.25) is 5.95 Å². The van der Waals surface area contributed by atoms with Crippen molar-refractivity contribution < 1.29 is 13.6 Å². The fourth-order valence-corrected chi connectivity index (χ4v) is 4.08. The van der Waals surface area contributed by atoms with E-state index in [9.17, 15) is 8.78 Å². The summed E-state index contributed by atoms with van der Waals surface area (Å²) in [5, 5.41) is 0. The van der Waals surface area contributed by atoms with Gasteiger partial charge in [-0.3, -0.25) is 10.3 Å². The number of aryl methyl sites for hydroxylation is 1. The monoisotopic (exact) mass is 493 g/mol. The molecule has 1 aromatic carbocycles. The van der Waals surface area contributed by atoms with Gasteiger partial charge in [0.15, 0.2) is 0 Å². The number of hydrogen-bond donors (Lipinski definition) is 1. The topological polar surface area (TPSA) is 53.5 Å². The Bertz CT molecular complexity index is 932. The van der Waals surface area contributed by atoms with Crippen LogP contribution in [0.1, 0.15) is 31.7 Å². The molecule has 1 fully saturated rings. The molecule has 0 unspecified atom stereocenters. The minimum atomic E-state index is -0.467. The van der Waals surface area contributed by atoms with Gasteiger partial charge in [0.25, 0.3) is 0 Å². The van der Waals surface area contributed by atoms with Gasteiger partial charge in [-0.15, -0.1) is 0 Å². The Labute approximate surface area is 189 Å². The normalized spacial score (nSPS) is 17.6. The van der Waals surface area contributed by atoms with Crippen LogP contribution in [0, 0.1) is 11.6 Å². The van der Waals surface area contributed by atoms with Crippen molar-refractivity contribution in [2.75, 3.05) is 36.0 Å². The minimum Gasteiger partial charge on any atom is -0.365 e. The van der Waals surface area contributed by atoms with E-state index in [1.807, 2.05) is 23.4 Å². The zero-order valence-corrected chi connectivity index (χ0v) is 19.0. The Kier molecular flexibility index (Phi) is 7.02. The second kappa shape index (κ2) is 9.91. The van der Waals surface area contributed by atoms with Gasteiger partial charge in [-0.05, 0) is 52.9 Å². The van der Waals surface area contributed by atoms with E-state index in [-0.39, 0.29) is 16.3 Å². The van der Waals surface area contributed by atoms with E-state index in [2.05, 4.69) is 43.2 Å². The van der Waals surface area contributed by atoms with Crippen molar-refractivity contribution in [2.45, 2.75) is 38.7 Å². The molecule has 0 amide bonds. The van der Waals surface area contributed by atoms with Crippen molar-refractivity contribution in [2.24, 2.45) is 0 Å². The van der Waals surface area contributed by atoms with Gasteiger partial charge in [0.05, 0.1) is 16.3 Å². The van der Waals surface area contributed by atoms with Crippen LogP contribution in [0.3, 0.4) is 0 Å². The quantitative estimate of drug-likeness (QED) is 0.476. The highest BCUT2D eigenvalue weighted by Crippen LogP contribution is 2.28.